The smallest absolute Gasteiger partial charge is 0.326 e. The summed E-state index contributed by atoms with van der Waals surface area (Å²) in [6.45, 7) is 7.10. The van der Waals surface area contributed by atoms with Gasteiger partial charge in [0.1, 0.15) is 17.3 Å². The van der Waals surface area contributed by atoms with Gasteiger partial charge in [0.15, 0.2) is 5.65 Å². The summed E-state index contributed by atoms with van der Waals surface area (Å²) in [5, 5.41) is 12.7. The summed E-state index contributed by atoms with van der Waals surface area (Å²) < 4.78 is 1.77. The van der Waals surface area contributed by atoms with E-state index in [1.165, 1.54) is 0 Å². The Balaban J connectivity index is 1.53. The summed E-state index contributed by atoms with van der Waals surface area (Å²) >= 11 is 0. The molecule has 0 bridgehead atoms. The molecular formula is C19H24N8O2. The number of carbonyl (C=O) groups excluding carboxylic acids is 2. The van der Waals surface area contributed by atoms with E-state index in [9.17, 15) is 9.59 Å². The minimum absolute atomic E-state index is 0.199. The van der Waals surface area contributed by atoms with E-state index < -0.39 is 11.9 Å². The molecule has 3 aliphatic rings. The summed E-state index contributed by atoms with van der Waals surface area (Å²) in [6.07, 6.45) is 5.59. The second kappa shape index (κ2) is 7.03. The molecule has 2 saturated heterocycles. The number of piperazine rings is 1. The molecule has 3 fully saturated rings. The number of hydrogen-bond donors (Lipinski definition) is 3. The maximum Gasteiger partial charge on any atom is 0.326 e. The predicted octanol–water partition coefficient (Wildman–Crippen LogP) is 0.626. The average Bonchev–Trinajstić information content (AvgIpc) is 3.36. The summed E-state index contributed by atoms with van der Waals surface area (Å²) in [7, 11) is 0. The number of fused-ring (bicyclic) bond motifs is 1. The zero-order valence-corrected chi connectivity index (χ0v) is 16.3. The maximum absolute atomic E-state index is 11.9. The van der Waals surface area contributed by atoms with Gasteiger partial charge in [0, 0.05) is 43.9 Å². The van der Waals surface area contributed by atoms with Gasteiger partial charge in [-0.15, -0.1) is 0 Å². The number of anilines is 2. The number of nitrogens with one attached hydrogen (secondary N) is 3. The van der Waals surface area contributed by atoms with Crippen molar-refractivity contribution in [3.63, 3.8) is 0 Å². The molecule has 0 atom stereocenters. The Labute approximate surface area is 167 Å². The highest BCUT2D eigenvalue weighted by molar-refractivity contribution is 6.14. The SMILES string of the molecule is CCN1CCN(c2cc(NC3CC3)n3ncc(/C=C4\NC(=O)NC4=O)c3n2)CC1. The van der Waals surface area contributed by atoms with E-state index in [0.29, 0.717) is 17.3 Å². The summed E-state index contributed by atoms with van der Waals surface area (Å²) in [6, 6.07) is 2.01. The van der Waals surface area contributed by atoms with Crippen molar-refractivity contribution in [2.24, 2.45) is 0 Å². The van der Waals surface area contributed by atoms with Crippen LogP contribution < -0.4 is 20.9 Å². The van der Waals surface area contributed by atoms with Crippen LogP contribution in [-0.2, 0) is 4.79 Å². The van der Waals surface area contributed by atoms with Crippen molar-refractivity contribution in [1.29, 1.82) is 0 Å². The van der Waals surface area contributed by atoms with Crippen molar-refractivity contribution in [2.75, 3.05) is 42.9 Å². The molecule has 4 heterocycles. The second-order valence-corrected chi connectivity index (χ2v) is 7.64. The lowest BCUT2D eigenvalue weighted by Gasteiger charge is -2.35. The monoisotopic (exact) mass is 396 g/mol. The van der Waals surface area contributed by atoms with E-state index in [-0.39, 0.29) is 5.70 Å². The highest BCUT2D eigenvalue weighted by atomic mass is 16.2. The quantitative estimate of drug-likeness (QED) is 0.503. The van der Waals surface area contributed by atoms with Crippen molar-refractivity contribution in [2.45, 2.75) is 25.8 Å². The van der Waals surface area contributed by atoms with Gasteiger partial charge in [-0.2, -0.15) is 9.61 Å². The molecule has 3 amide bonds. The topological polar surface area (TPSA) is 107 Å². The largest absolute Gasteiger partial charge is 0.367 e. The Morgan fingerprint density at radius 3 is 2.66 bits per heavy atom. The molecule has 0 unspecified atom stereocenters. The van der Waals surface area contributed by atoms with Crippen LogP contribution in [-0.4, -0.2) is 70.2 Å². The van der Waals surface area contributed by atoms with E-state index in [1.54, 1.807) is 16.8 Å². The molecule has 152 valence electrons. The van der Waals surface area contributed by atoms with Crippen LogP contribution >= 0.6 is 0 Å². The fourth-order valence-corrected chi connectivity index (χ4v) is 3.70. The minimum atomic E-state index is -0.517. The van der Waals surface area contributed by atoms with Crippen LogP contribution in [0.4, 0.5) is 16.4 Å². The number of imide groups is 1. The standard InChI is InChI=1S/C19H24N8O2/c1-2-25-5-7-26(8-6-25)15-10-16(21-13-3-4-13)27-17(23-15)12(11-20-27)9-14-18(28)24-19(29)22-14/h9-11,13,21H,2-8H2,1H3,(H2,22,24,28,29)/b14-9-. The molecule has 0 spiro atoms. The van der Waals surface area contributed by atoms with Gasteiger partial charge in [0.25, 0.3) is 5.91 Å². The van der Waals surface area contributed by atoms with Gasteiger partial charge >= 0.3 is 6.03 Å². The van der Waals surface area contributed by atoms with E-state index in [2.05, 4.69) is 43.8 Å². The van der Waals surface area contributed by atoms with Crippen LogP contribution in [0.3, 0.4) is 0 Å². The van der Waals surface area contributed by atoms with E-state index in [4.69, 9.17) is 4.98 Å². The van der Waals surface area contributed by atoms with Crippen LogP contribution in [0.1, 0.15) is 25.3 Å². The first-order valence-corrected chi connectivity index (χ1v) is 10.1. The Bertz CT molecular complexity index is 1000. The number of carbonyl (C=O) groups is 2. The van der Waals surface area contributed by atoms with E-state index in [0.717, 1.165) is 57.2 Å². The Morgan fingerprint density at radius 1 is 1.21 bits per heavy atom. The molecule has 10 nitrogen and oxygen atoms in total. The highest BCUT2D eigenvalue weighted by Crippen LogP contribution is 2.29. The third-order valence-electron chi connectivity index (χ3n) is 5.58. The highest BCUT2D eigenvalue weighted by Gasteiger charge is 2.26. The van der Waals surface area contributed by atoms with Gasteiger partial charge in [-0.1, -0.05) is 6.92 Å². The number of rotatable bonds is 5. The van der Waals surface area contributed by atoms with Crippen LogP contribution in [0.5, 0.6) is 0 Å². The lowest BCUT2D eigenvalue weighted by atomic mass is 10.2. The lowest BCUT2D eigenvalue weighted by Crippen LogP contribution is -2.46. The van der Waals surface area contributed by atoms with Crippen molar-refractivity contribution in [1.82, 2.24) is 30.1 Å². The average molecular weight is 396 g/mol. The fraction of sp³-hybridized carbons (Fsp3) is 0.474. The summed E-state index contributed by atoms with van der Waals surface area (Å²) in [5.74, 6) is 1.35. The van der Waals surface area contributed by atoms with Gasteiger partial charge in [-0.3, -0.25) is 10.1 Å². The van der Waals surface area contributed by atoms with Crippen LogP contribution in [0.25, 0.3) is 11.7 Å². The molecule has 29 heavy (non-hydrogen) atoms. The number of hydrogen-bond acceptors (Lipinski definition) is 7. The third kappa shape index (κ3) is 3.51. The number of nitrogens with zero attached hydrogens (tertiary/aromatic N) is 5. The molecule has 1 saturated carbocycles. The third-order valence-corrected chi connectivity index (χ3v) is 5.58. The zero-order chi connectivity index (χ0) is 20.0. The van der Waals surface area contributed by atoms with Crippen LogP contribution in [0.15, 0.2) is 18.0 Å². The van der Waals surface area contributed by atoms with Gasteiger partial charge in [0.05, 0.1) is 6.20 Å². The molecule has 3 N–H and O–H groups in total. The first kappa shape index (κ1) is 17.9. The molecular weight excluding hydrogens is 372 g/mol. The van der Waals surface area contributed by atoms with Gasteiger partial charge < -0.3 is 20.4 Å². The van der Waals surface area contributed by atoms with Crippen molar-refractivity contribution >= 4 is 35.3 Å². The van der Waals surface area contributed by atoms with Crippen molar-refractivity contribution in [3.05, 3.63) is 23.5 Å². The zero-order valence-electron chi connectivity index (χ0n) is 16.3. The van der Waals surface area contributed by atoms with Gasteiger partial charge in [-0.25, -0.2) is 9.78 Å². The number of urea groups is 1. The first-order chi connectivity index (χ1) is 14.1. The molecule has 0 radical (unpaired) electrons. The van der Waals surface area contributed by atoms with Crippen molar-refractivity contribution in [3.8, 4) is 0 Å². The molecule has 2 aliphatic heterocycles. The maximum atomic E-state index is 11.9. The van der Waals surface area contributed by atoms with Crippen LogP contribution in [0, 0.1) is 0 Å². The Kier molecular flexibility index (Phi) is 4.35. The number of likely N-dealkylation sites (N-methyl/N-ethyl adjacent to an activating group) is 1. The minimum Gasteiger partial charge on any atom is -0.367 e. The van der Waals surface area contributed by atoms with Gasteiger partial charge in [0.2, 0.25) is 0 Å². The molecule has 1 aliphatic carbocycles. The fourth-order valence-electron chi connectivity index (χ4n) is 3.70. The number of aromatic nitrogens is 3. The Hall–Kier alpha value is -3.14. The van der Waals surface area contributed by atoms with Crippen molar-refractivity contribution < 1.29 is 9.59 Å². The van der Waals surface area contributed by atoms with Crippen LogP contribution in [0.2, 0.25) is 0 Å². The molecule has 2 aromatic rings. The molecule has 2 aromatic heterocycles. The molecule has 5 rings (SSSR count). The normalized spacial score (nSPS) is 21.7. The van der Waals surface area contributed by atoms with Gasteiger partial charge in [-0.05, 0) is 25.5 Å². The Morgan fingerprint density at radius 2 is 2.00 bits per heavy atom. The number of amides is 3. The predicted molar refractivity (Wildman–Crippen MR) is 109 cm³/mol. The molecule has 10 heteroatoms. The second-order valence-electron chi connectivity index (χ2n) is 7.64. The first-order valence-electron chi connectivity index (χ1n) is 10.1. The van der Waals surface area contributed by atoms with E-state index >= 15 is 0 Å². The molecule has 0 aromatic carbocycles. The summed E-state index contributed by atoms with van der Waals surface area (Å²) in [5.41, 5.74) is 1.54. The lowest BCUT2D eigenvalue weighted by molar-refractivity contribution is -0.115. The van der Waals surface area contributed by atoms with E-state index in [1.807, 2.05) is 0 Å². The summed E-state index contributed by atoms with van der Waals surface area (Å²) in [4.78, 5) is 32.9.